The third-order valence-electron chi connectivity index (χ3n) is 5.73. The Kier molecular flexibility index (Phi) is 8.38. The summed E-state index contributed by atoms with van der Waals surface area (Å²) in [6, 6.07) is 19.2. The van der Waals surface area contributed by atoms with Gasteiger partial charge in [0.1, 0.15) is 17.2 Å². The monoisotopic (exact) mass is 476 g/mol. The molecule has 0 bridgehead atoms. The lowest BCUT2D eigenvalue weighted by Gasteiger charge is -2.35. The second kappa shape index (κ2) is 12.1. The number of benzene rings is 2. The highest BCUT2D eigenvalue weighted by atomic mass is 16.5. The van der Waals surface area contributed by atoms with E-state index in [4.69, 9.17) is 14.2 Å². The maximum atomic E-state index is 12.6. The van der Waals surface area contributed by atoms with Crippen molar-refractivity contribution in [3.63, 3.8) is 0 Å². The first-order valence-corrected chi connectivity index (χ1v) is 12.1. The van der Waals surface area contributed by atoms with Gasteiger partial charge < -0.3 is 24.0 Å². The van der Waals surface area contributed by atoms with E-state index in [0.717, 1.165) is 35.0 Å². The molecule has 0 unspecified atom stereocenters. The molecule has 2 aromatic carbocycles. The SMILES string of the molecule is CCCOc1ccc(OCC(=O)N2CCN(c3ccc(-c4ccc(OCC)cc4)nn3)CC2)cc1. The number of carbonyl (C=O) groups is 1. The first kappa shape index (κ1) is 24.3. The molecule has 8 nitrogen and oxygen atoms in total. The minimum absolute atomic E-state index is 0.0196. The summed E-state index contributed by atoms with van der Waals surface area (Å²) in [4.78, 5) is 16.6. The smallest absolute Gasteiger partial charge is 0.260 e. The molecular weight excluding hydrogens is 444 g/mol. The van der Waals surface area contributed by atoms with E-state index in [9.17, 15) is 4.79 Å². The van der Waals surface area contributed by atoms with Gasteiger partial charge in [0.05, 0.1) is 18.9 Å². The first-order chi connectivity index (χ1) is 17.2. The molecule has 1 aromatic heterocycles. The van der Waals surface area contributed by atoms with E-state index < -0.39 is 0 Å². The van der Waals surface area contributed by atoms with E-state index in [0.29, 0.717) is 45.1 Å². The number of rotatable bonds is 10. The van der Waals surface area contributed by atoms with Crippen molar-refractivity contribution in [3.05, 3.63) is 60.7 Å². The van der Waals surface area contributed by atoms with Gasteiger partial charge in [-0.25, -0.2) is 0 Å². The summed E-state index contributed by atoms with van der Waals surface area (Å²) in [5.41, 5.74) is 1.80. The summed E-state index contributed by atoms with van der Waals surface area (Å²) in [5.74, 6) is 3.09. The number of carbonyl (C=O) groups excluding carboxylic acids is 1. The van der Waals surface area contributed by atoms with Gasteiger partial charge in [-0.05, 0) is 74.0 Å². The Labute approximate surface area is 206 Å². The molecule has 3 aromatic rings. The molecule has 0 aliphatic carbocycles. The number of aromatic nitrogens is 2. The van der Waals surface area contributed by atoms with Crippen molar-refractivity contribution in [2.24, 2.45) is 0 Å². The molecule has 8 heteroatoms. The van der Waals surface area contributed by atoms with Crippen molar-refractivity contribution in [1.29, 1.82) is 0 Å². The van der Waals surface area contributed by atoms with Crippen LogP contribution in [0.1, 0.15) is 20.3 Å². The highest BCUT2D eigenvalue weighted by Gasteiger charge is 2.22. The summed E-state index contributed by atoms with van der Waals surface area (Å²) in [6.45, 7) is 8.02. The molecule has 4 rings (SSSR count). The lowest BCUT2D eigenvalue weighted by molar-refractivity contribution is -0.133. The Balaban J connectivity index is 1.24. The zero-order valence-electron chi connectivity index (χ0n) is 20.4. The second-order valence-electron chi connectivity index (χ2n) is 8.21. The number of hydrogen-bond donors (Lipinski definition) is 0. The standard InChI is InChI=1S/C27H32N4O4/c1-3-19-34-23-9-11-24(12-10-23)35-20-27(32)31-17-15-30(16-18-31)26-14-13-25(28-29-26)21-5-7-22(8-6-21)33-4-2/h5-14H,3-4,15-20H2,1-2H3. The van der Waals surface area contributed by atoms with Gasteiger partial charge in [0, 0.05) is 31.7 Å². The highest BCUT2D eigenvalue weighted by molar-refractivity contribution is 5.78. The van der Waals surface area contributed by atoms with Crippen LogP contribution in [0.5, 0.6) is 17.2 Å². The number of piperazine rings is 1. The molecule has 1 fully saturated rings. The van der Waals surface area contributed by atoms with Crippen LogP contribution in [0.15, 0.2) is 60.7 Å². The normalized spacial score (nSPS) is 13.4. The lowest BCUT2D eigenvalue weighted by Crippen LogP contribution is -2.50. The molecule has 1 saturated heterocycles. The summed E-state index contributed by atoms with van der Waals surface area (Å²) in [5, 5.41) is 8.81. The van der Waals surface area contributed by atoms with Gasteiger partial charge in [-0.1, -0.05) is 6.92 Å². The molecule has 0 radical (unpaired) electrons. The fourth-order valence-electron chi connectivity index (χ4n) is 3.81. The summed E-state index contributed by atoms with van der Waals surface area (Å²) in [6.07, 6.45) is 0.960. The number of hydrogen-bond acceptors (Lipinski definition) is 7. The fraction of sp³-hybridized carbons (Fsp3) is 0.370. The molecule has 2 heterocycles. The van der Waals surface area contributed by atoms with E-state index in [2.05, 4.69) is 22.0 Å². The molecule has 1 aliphatic heterocycles. The lowest BCUT2D eigenvalue weighted by atomic mass is 10.1. The molecular formula is C27H32N4O4. The van der Waals surface area contributed by atoms with Gasteiger partial charge in [0.2, 0.25) is 0 Å². The van der Waals surface area contributed by atoms with E-state index in [1.807, 2.05) is 72.5 Å². The van der Waals surface area contributed by atoms with Crippen LogP contribution < -0.4 is 19.1 Å². The van der Waals surface area contributed by atoms with Crippen molar-refractivity contribution in [2.75, 3.05) is 50.9 Å². The summed E-state index contributed by atoms with van der Waals surface area (Å²) < 4.78 is 16.7. The predicted molar refractivity (Wildman–Crippen MR) is 135 cm³/mol. The average molecular weight is 477 g/mol. The molecule has 35 heavy (non-hydrogen) atoms. The van der Waals surface area contributed by atoms with Crippen molar-refractivity contribution in [2.45, 2.75) is 20.3 Å². The Morgan fingerprint density at radius 1 is 0.771 bits per heavy atom. The van der Waals surface area contributed by atoms with Crippen LogP contribution in [0.3, 0.4) is 0 Å². The number of ether oxygens (including phenoxy) is 3. The van der Waals surface area contributed by atoms with Crippen LogP contribution >= 0.6 is 0 Å². The van der Waals surface area contributed by atoms with E-state index in [1.165, 1.54) is 0 Å². The molecule has 0 spiro atoms. The zero-order chi connectivity index (χ0) is 24.5. The van der Waals surface area contributed by atoms with E-state index in [-0.39, 0.29) is 12.5 Å². The van der Waals surface area contributed by atoms with Gasteiger partial charge in [-0.15, -0.1) is 10.2 Å². The van der Waals surface area contributed by atoms with Crippen molar-refractivity contribution < 1.29 is 19.0 Å². The molecule has 0 saturated carbocycles. The molecule has 0 N–H and O–H groups in total. The van der Waals surface area contributed by atoms with Gasteiger partial charge >= 0.3 is 0 Å². The summed E-state index contributed by atoms with van der Waals surface area (Å²) in [7, 11) is 0. The van der Waals surface area contributed by atoms with Crippen molar-refractivity contribution in [1.82, 2.24) is 15.1 Å². The highest BCUT2D eigenvalue weighted by Crippen LogP contribution is 2.22. The Hall–Kier alpha value is -3.81. The quantitative estimate of drug-likeness (QED) is 0.437. The maximum absolute atomic E-state index is 12.6. The Morgan fingerprint density at radius 3 is 2.00 bits per heavy atom. The van der Waals surface area contributed by atoms with E-state index in [1.54, 1.807) is 0 Å². The van der Waals surface area contributed by atoms with Crippen LogP contribution in [0.4, 0.5) is 5.82 Å². The molecule has 184 valence electrons. The van der Waals surface area contributed by atoms with Gasteiger partial charge in [-0.3, -0.25) is 4.79 Å². The minimum Gasteiger partial charge on any atom is -0.494 e. The van der Waals surface area contributed by atoms with Crippen LogP contribution in [0.25, 0.3) is 11.3 Å². The summed E-state index contributed by atoms with van der Waals surface area (Å²) >= 11 is 0. The zero-order valence-corrected chi connectivity index (χ0v) is 20.4. The Bertz CT molecular complexity index is 1060. The average Bonchev–Trinajstić information content (AvgIpc) is 2.92. The van der Waals surface area contributed by atoms with Gasteiger partial charge in [0.25, 0.3) is 5.91 Å². The number of anilines is 1. The van der Waals surface area contributed by atoms with Crippen LogP contribution in [0, 0.1) is 0 Å². The van der Waals surface area contributed by atoms with Crippen LogP contribution in [0.2, 0.25) is 0 Å². The number of nitrogens with zero attached hydrogens (tertiary/aromatic N) is 4. The van der Waals surface area contributed by atoms with Crippen molar-refractivity contribution in [3.8, 4) is 28.5 Å². The Morgan fingerprint density at radius 2 is 1.40 bits per heavy atom. The number of amides is 1. The third kappa shape index (κ3) is 6.62. The second-order valence-corrected chi connectivity index (χ2v) is 8.21. The third-order valence-corrected chi connectivity index (χ3v) is 5.73. The molecule has 1 aliphatic rings. The fourth-order valence-corrected chi connectivity index (χ4v) is 3.81. The first-order valence-electron chi connectivity index (χ1n) is 12.1. The largest absolute Gasteiger partial charge is 0.494 e. The van der Waals surface area contributed by atoms with Gasteiger partial charge in [-0.2, -0.15) is 0 Å². The van der Waals surface area contributed by atoms with Crippen LogP contribution in [-0.2, 0) is 4.79 Å². The molecule has 1 amide bonds. The topological polar surface area (TPSA) is 77.0 Å². The van der Waals surface area contributed by atoms with Crippen LogP contribution in [-0.4, -0.2) is 67.0 Å². The van der Waals surface area contributed by atoms with E-state index >= 15 is 0 Å². The molecule has 0 atom stereocenters. The predicted octanol–water partition coefficient (Wildman–Crippen LogP) is 4.06. The van der Waals surface area contributed by atoms with Gasteiger partial charge in [0.15, 0.2) is 12.4 Å². The van der Waals surface area contributed by atoms with Crippen molar-refractivity contribution >= 4 is 11.7 Å². The maximum Gasteiger partial charge on any atom is 0.260 e. The minimum atomic E-state index is -0.0205.